The van der Waals surface area contributed by atoms with E-state index < -0.39 is 6.04 Å². The number of nitrogens with two attached hydrogens (primary N) is 1. The Morgan fingerprint density at radius 2 is 2.27 bits per heavy atom. The van der Waals surface area contributed by atoms with Gasteiger partial charge in [0.15, 0.2) is 0 Å². The molecule has 5 heteroatoms. The Kier molecular flexibility index (Phi) is 4.76. The van der Waals surface area contributed by atoms with E-state index in [4.69, 9.17) is 5.73 Å². The van der Waals surface area contributed by atoms with Crippen LogP contribution in [0.1, 0.15) is 18.7 Å². The van der Waals surface area contributed by atoms with Crippen molar-refractivity contribution in [3.05, 3.63) is 20.8 Å². The number of rotatable bonds is 4. The summed E-state index contributed by atoms with van der Waals surface area (Å²) < 4.78 is 1.07. The highest BCUT2D eigenvalue weighted by molar-refractivity contribution is 9.11. The summed E-state index contributed by atoms with van der Waals surface area (Å²) in [7, 11) is 0. The van der Waals surface area contributed by atoms with Crippen molar-refractivity contribution in [3.63, 3.8) is 0 Å². The molecule has 15 heavy (non-hydrogen) atoms. The molecule has 0 aromatic carbocycles. The van der Waals surface area contributed by atoms with Crippen molar-refractivity contribution in [2.75, 3.05) is 0 Å². The van der Waals surface area contributed by atoms with Crippen LogP contribution >= 0.6 is 27.3 Å². The highest BCUT2D eigenvalue weighted by Gasteiger charge is 2.16. The van der Waals surface area contributed by atoms with Gasteiger partial charge in [0, 0.05) is 4.88 Å². The molecule has 0 aliphatic heterocycles. The van der Waals surface area contributed by atoms with Crippen LogP contribution in [0.3, 0.4) is 0 Å². The molecule has 0 spiro atoms. The third-order valence-electron chi connectivity index (χ3n) is 2.09. The van der Waals surface area contributed by atoms with Crippen LogP contribution in [0.5, 0.6) is 0 Å². The van der Waals surface area contributed by atoms with Gasteiger partial charge in [-0.1, -0.05) is 13.8 Å². The summed E-state index contributed by atoms with van der Waals surface area (Å²) in [4.78, 5) is 12.6. The van der Waals surface area contributed by atoms with E-state index in [1.165, 1.54) is 0 Å². The molecule has 0 saturated carbocycles. The van der Waals surface area contributed by atoms with Crippen molar-refractivity contribution in [1.82, 2.24) is 5.32 Å². The van der Waals surface area contributed by atoms with Crippen molar-refractivity contribution in [2.45, 2.75) is 26.4 Å². The molecular formula is C10H15BrN2OS. The van der Waals surface area contributed by atoms with Gasteiger partial charge in [-0.15, -0.1) is 11.3 Å². The Morgan fingerprint density at radius 3 is 2.73 bits per heavy atom. The largest absolute Gasteiger partial charge is 0.350 e. The quantitative estimate of drug-likeness (QED) is 0.892. The molecule has 3 nitrogen and oxygen atoms in total. The van der Waals surface area contributed by atoms with Gasteiger partial charge >= 0.3 is 0 Å². The van der Waals surface area contributed by atoms with E-state index in [1.807, 2.05) is 26.0 Å². The van der Waals surface area contributed by atoms with Gasteiger partial charge in [0.2, 0.25) is 5.91 Å². The third-order valence-corrected chi connectivity index (χ3v) is 3.71. The highest BCUT2D eigenvalue weighted by Crippen LogP contribution is 2.21. The molecule has 0 bridgehead atoms. The summed E-state index contributed by atoms with van der Waals surface area (Å²) in [6, 6.07) is 3.53. The minimum atomic E-state index is -0.423. The Morgan fingerprint density at radius 1 is 1.60 bits per heavy atom. The number of hydrogen-bond donors (Lipinski definition) is 2. The Bertz CT molecular complexity index is 338. The zero-order valence-corrected chi connectivity index (χ0v) is 11.2. The summed E-state index contributed by atoms with van der Waals surface area (Å²) in [5.41, 5.74) is 5.71. The van der Waals surface area contributed by atoms with E-state index in [0.717, 1.165) is 8.66 Å². The van der Waals surface area contributed by atoms with Crippen molar-refractivity contribution in [1.29, 1.82) is 0 Å². The van der Waals surface area contributed by atoms with Gasteiger partial charge in [-0.25, -0.2) is 0 Å². The fourth-order valence-corrected chi connectivity index (χ4v) is 2.46. The van der Waals surface area contributed by atoms with E-state index in [1.54, 1.807) is 11.3 Å². The predicted molar refractivity (Wildman–Crippen MR) is 66.7 cm³/mol. The zero-order chi connectivity index (χ0) is 11.4. The number of carbonyl (C=O) groups excluding carboxylic acids is 1. The van der Waals surface area contributed by atoms with E-state index in [9.17, 15) is 4.79 Å². The molecule has 1 rings (SSSR count). The number of hydrogen-bond acceptors (Lipinski definition) is 3. The van der Waals surface area contributed by atoms with Crippen LogP contribution in [0.4, 0.5) is 0 Å². The van der Waals surface area contributed by atoms with Crippen LogP contribution in [0.25, 0.3) is 0 Å². The molecule has 84 valence electrons. The minimum Gasteiger partial charge on any atom is -0.350 e. The maximum Gasteiger partial charge on any atom is 0.237 e. The standard InChI is InChI=1S/C10H15BrN2OS/c1-6(2)9(12)10(14)13-5-7-3-4-8(11)15-7/h3-4,6,9H,5,12H2,1-2H3,(H,13,14)/t9-/m1/s1. The molecule has 0 aliphatic carbocycles. The first-order valence-electron chi connectivity index (χ1n) is 4.78. The minimum absolute atomic E-state index is 0.0884. The Hall–Kier alpha value is -0.390. The fraction of sp³-hybridized carbons (Fsp3) is 0.500. The van der Waals surface area contributed by atoms with Gasteiger partial charge in [0.25, 0.3) is 0 Å². The second-order valence-electron chi connectivity index (χ2n) is 3.69. The first-order chi connectivity index (χ1) is 7.00. The maximum atomic E-state index is 11.5. The molecule has 1 amide bonds. The second kappa shape index (κ2) is 5.63. The molecule has 1 aromatic rings. The van der Waals surface area contributed by atoms with Crippen molar-refractivity contribution in [2.24, 2.45) is 11.7 Å². The molecular weight excluding hydrogens is 276 g/mol. The first-order valence-corrected chi connectivity index (χ1v) is 6.39. The molecule has 0 aliphatic rings. The normalized spacial score (nSPS) is 12.9. The topological polar surface area (TPSA) is 55.1 Å². The lowest BCUT2D eigenvalue weighted by atomic mass is 10.1. The lowest BCUT2D eigenvalue weighted by molar-refractivity contribution is -0.123. The lowest BCUT2D eigenvalue weighted by Crippen LogP contribution is -2.43. The summed E-state index contributed by atoms with van der Waals surface area (Å²) in [5.74, 6) is 0.0783. The Balaban J connectivity index is 2.40. The van der Waals surface area contributed by atoms with Crippen LogP contribution < -0.4 is 11.1 Å². The molecule has 0 fully saturated rings. The molecule has 1 aromatic heterocycles. The van der Waals surface area contributed by atoms with Crippen molar-refractivity contribution >= 4 is 33.2 Å². The highest BCUT2D eigenvalue weighted by atomic mass is 79.9. The van der Waals surface area contributed by atoms with Crippen molar-refractivity contribution < 1.29 is 4.79 Å². The number of thiophene rings is 1. The van der Waals surface area contributed by atoms with E-state index >= 15 is 0 Å². The van der Waals surface area contributed by atoms with Gasteiger partial charge in [-0.3, -0.25) is 4.79 Å². The average Bonchev–Trinajstić information content (AvgIpc) is 2.59. The van der Waals surface area contributed by atoms with E-state index in [0.29, 0.717) is 6.54 Å². The smallest absolute Gasteiger partial charge is 0.237 e. The lowest BCUT2D eigenvalue weighted by Gasteiger charge is -2.14. The van der Waals surface area contributed by atoms with Crippen LogP contribution in [0.15, 0.2) is 15.9 Å². The van der Waals surface area contributed by atoms with Gasteiger partial charge in [-0.05, 0) is 34.0 Å². The number of amides is 1. The van der Waals surface area contributed by atoms with Crippen LogP contribution in [0, 0.1) is 5.92 Å². The van der Waals surface area contributed by atoms with Crippen molar-refractivity contribution in [3.8, 4) is 0 Å². The summed E-state index contributed by atoms with van der Waals surface area (Å²) in [6.07, 6.45) is 0. The first kappa shape index (κ1) is 12.7. The molecule has 0 saturated heterocycles. The van der Waals surface area contributed by atoms with E-state index in [2.05, 4.69) is 21.2 Å². The molecule has 0 unspecified atom stereocenters. The number of carbonyl (C=O) groups is 1. The van der Waals surface area contributed by atoms with Gasteiger partial charge in [-0.2, -0.15) is 0 Å². The fourth-order valence-electron chi connectivity index (χ4n) is 1.04. The molecule has 0 radical (unpaired) electrons. The van der Waals surface area contributed by atoms with Crippen LogP contribution in [0.2, 0.25) is 0 Å². The summed E-state index contributed by atoms with van der Waals surface area (Å²) in [6.45, 7) is 4.42. The average molecular weight is 291 g/mol. The van der Waals surface area contributed by atoms with Crippen LogP contribution in [-0.2, 0) is 11.3 Å². The summed E-state index contributed by atoms with van der Waals surface area (Å²) in [5, 5.41) is 2.82. The summed E-state index contributed by atoms with van der Waals surface area (Å²) >= 11 is 4.98. The Labute approximate surface area is 102 Å². The predicted octanol–water partition coefficient (Wildman–Crippen LogP) is 2.11. The number of nitrogens with one attached hydrogen (secondary N) is 1. The number of halogens is 1. The van der Waals surface area contributed by atoms with Gasteiger partial charge < -0.3 is 11.1 Å². The molecule has 1 heterocycles. The molecule has 3 N–H and O–H groups in total. The zero-order valence-electron chi connectivity index (χ0n) is 8.79. The second-order valence-corrected chi connectivity index (χ2v) is 6.24. The maximum absolute atomic E-state index is 11.5. The van der Waals surface area contributed by atoms with Gasteiger partial charge in [0.1, 0.15) is 0 Å². The SMILES string of the molecule is CC(C)[C@@H](N)C(=O)NCc1ccc(Br)s1. The molecule has 1 atom stereocenters. The van der Waals surface area contributed by atoms with E-state index in [-0.39, 0.29) is 11.8 Å². The van der Waals surface area contributed by atoms with Gasteiger partial charge in [0.05, 0.1) is 16.4 Å². The van der Waals surface area contributed by atoms with Crippen LogP contribution in [-0.4, -0.2) is 11.9 Å². The third kappa shape index (κ3) is 3.93. The monoisotopic (exact) mass is 290 g/mol.